The lowest BCUT2D eigenvalue weighted by molar-refractivity contribution is -0.124. The number of carbonyl (C=O) groups excluding carboxylic acids is 1. The summed E-state index contributed by atoms with van der Waals surface area (Å²) in [7, 11) is 0. The van der Waals surface area contributed by atoms with Crippen LogP contribution in [0.25, 0.3) is 0 Å². The van der Waals surface area contributed by atoms with Gasteiger partial charge in [-0.1, -0.05) is 13.0 Å². The van der Waals surface area contributed by atoms with Crippen LogP contribution < -0.4 is 11.1 Å². The Bertz CT molecular complexity index is 297. The summed E-state index contributed by atoms with van der Waals surface area (Å²) < 4.78 is 0. The maximum Gasteiger partial charge on any atom is 0.237 e. The Labute approximate surface area is 88.3 Å². The highest BCUT2D eigenvalue weighted by molar-refractivity contribution is 7.09. The zero-order valence-electron chi connectivity index (χ0n) is 8.54. The molecule has 1 rings (SSSR count). The number of rotatable bonds is 5. The second kappa shape index (κ2) is 4.57. The quantitative estimate of drug-likeness (QED) is 0.777. The Kier molecular flexibility index (Phi) is 3.66. The van der Waals surface area contributed by atoms with E-state index in [1.54, 1.807) is 11.3 Å². The molecule has 0 aliphatic carbocycles. The Balaban J connectivity index is 2.54. The van der Waals surface area contributed by atoms with Gasteiger partial charge in [-0.05, 0) is 24.8 Å². The van der Waals surface area contributed by atoms with Gasteiger partial charge in [-0.3, -0.25) is 10.1 Å². The van der Waals surface area contributed by atoms with E-state index in [1.807, 2.05) is 31.4 Å². The first kappa shape index (κ1) is 11.2. The van der Waals surface area contributed by atoms with E-state index in [4.69, 9.17) is 5.73 Å². The molecule has 1 aromatic rings. The van der Waals surface area contributed by atoms with Crippen LogP contribution in [0, 0.1) is 0 Å². The minimum absolute atomic E-state index is 0.295. The van der Waals surface area contributed by atoms with Crippen LogP contribution in [0.1, 0.15) is 25.1 Å². The number of carbonyl (C=O) groups is 1. The molecule has 1 aromatic heterocycles. The maximum absolute atomic E-state index is 11.2. The van der Waals surface area contributed by atoms with Gasteiger partial charge in [0.25, 0.3) is 0 Å². The van der Waals surface area contributed by atoms with Crippen LogP contribution in [0.3, 0.4) is 0 Å². The first-order valence-corrected chi connectivity index (χ1v) is 5.54. The van der Waals surface area contributed by atoms with Crippen LogP contribution in [-0.2, 0) is 11.3 Å². The first-order valence-electron chi connectivity index (χ1n) is 4.66. The fraction of sp³-hybridized carbons (Fsp3) is 0.500. The van der Waals surface area contributed by atoms with Crippen molar-refractivity contribution in [2.24, 2.45) is 5.73 Å². The number of primary amides is 1. The summed E-state index contributed by atoms with van der Waals surface area (Å²) in [5, 5.41) is 5.20. The largest absolute Gasteiger partial charge is 0.368 e. The number of hydrogen-bond donors (Lipinski definition) is 2. The molecule has 78 valence electrons. The van der Waals surface area contributed by atoms with Crippen molar-refractivity contribution >= 4 is 17.2 Å². The summed E-state index contributed by atoms with van der Waals surface area (Å²) in [5.74, 6) is -0.295. The van der Waals surface area contributed by atoms with Crippen LogP contribution in [0.15, 0.2) is 17.5 Å². The second-order valence-corrected chi connectivity index (χ2v) is 4.52. The molecule has 1 heterocycles. The monoisotopic (exact) mass is 212 g/mol. The Hall–Kier alpha value is -0.870. The summed E-state index contributed by atoms with van der Waals surface area (Å²) >= 11 is 1.67. The average molecular weight is 212 g/mol. The molecule has 14 heavy (non-hydrogen) atoms. The summed E-state index contributed by atoms with van der Waals surface area (Å²) in [4.78, 5) is 12.4. The Morgan fingerprint density at radius 2 is 2.43 bits per heavy atom. The van der Waals surface area contributed by atoms with Crippen molar-refractivity contribution in [1.29, 1.82) is 0 Å². The summed E-state index contributed by atoms with van der Waals surface area (Å²) in [6.07, 6.45) is 0.702. The molecule has 3 N–H and O–H groups in total. The first-order chi connectivity index (χ1) is 6.58. The molecule has 1 amide bonds. The van der Waals surface area contributed by atoms with Gasteiger partial charge in [-0.15, -0.1) is 11.3 Å². The normalized spacial score (nSPS) is 15.0. The standard InChI is InChI=1S/C10H16N2OS/c1-3-10(2,9(11)13)12-7-8-5-4-6-14-8/h4-6,12H,3,7H2,1-2H3,(H2,11,13). The van der Waals surface area contributed by atoms with E-state index >= 15 is 0 Å². The minimum atomic E-state index is -0.593. The molecule has 0 saturated heterocycles. The van der Waals surface area contributed by atoms with E-state index in [9.17, 15) is 4.79 Å². The Morgan fingerprint density at radius 3 is 2.86 bits per heavy atom. The third-order valence-corrected chi connectivity index (χ3v) is 3.36. The number of amides is 1. The molecular formula is C10H16N2OS. The molecule has 0 aliphatic rings. The highest BCUT2D eigenvalue weighted by Crippen LogP contribution is 2.13. The third kappa shape index (κ3) is 2.56. The zero-order valence-corrected chi connectivity index (χ0v) is 9.36. The SMILES string of the molecule is CCC(C)(NCc1cccs1)C(N)=O. The molecule has 0 aromatic carbocycles. The predicted molar refractivity (Wildman–Crippen MR) is 59.0 cm³/mol. The van der Waals surface area contributed by atoms with Crippen molar-refractivity contribution in [3.8, 4) is 0 Å². The maximum atomic E-state index is 11.2. The van der Waals surface area contributed by atoms with E-state index in [1.165, 1.54) is 4.88 Å². The molecule has 0 aliphatic heterocycles. The van der Waals surface area contributed by atoms with Crippen molar-refractivity contribution < 1.29 is 4.79 Å². The van der Waals surface area contributed by atoms with E-state index in [0.29, 0.717) is 13.0 Å². The molecule has 0 bridgehead atoms. The molecule has 0 spiro atoms. The molecule has 0 saturated carbocycles. The number of thiophene rings is 1. The Morgan fingerprint density at radius 1 is 1.71 bits per heavy atom. The summed E-state index contributed by atoms with van der Waals surface area (Å²) in [6.45, 7) is 4.49. The van der Waals surface area contributed by atoms with Gasteiger partial charge in [-0.2, -0.15) is 0 Å². The van der Waals surface area contributed by atoms with Crippen molar-refractivity contribution in [3.05, 3.63) is 22.4 Å². The average Bonchev–Trinajstić information content (AvgIpc) is 2.66. The van der Waals surface area contributed by atoms with E-state index < -0.39 is 5.54 Å². The zero-order chi connectivity index (χ0) is 10.6. The number of nitrogens with one attached hydrogen (secondary N) is 1. The molecule has 0 fully saturated rings. The lowest BCUT2D eigenvalue weighted by Gasteiger charge is -2.25. The van der Waals surface area contributed by atoms with Crippen molar-refractivity contribution in [1.82, 2.24) is 5.32 Å². The van der Waals surface area contributed by atoms with Crippen LogP contribution in [-0.4, -0.2) is 11.4 Å². The van der Waals surface area contributed by atoms with E-state index in [-0.39, 0.29) is 5.91 Å². The van der Waals surface area contributed by atoms with E-state index in [2.05, 4.69) is 5.32 Å². The lowest BCUT2D eigenvalue weighted by atomic mass is 9.98. The summed E-state index contributed by atoms with van der Waals surface area (Å²) in [5.41, 5.74) is 4.73. The topological polar surface area (TPSA) is 55.1 Å². The lowest BCUT2D eigenvalue weighted by Crippen LogP contribution is -2.52. The van der Waals surface area contributed by atoms with Crippen molar-refractivity contribution in [2.45, 2.75) is 32.4 Å². The second-order valence-electron chi connectivity index (χ2n) is 3.48. The van der Waals surface area contributed by atoms with Gasteiger partial charge in [0, 0.05) is 11.4 Å². The van der Waals surface area contributed by atoms with Gasteiger partial charge in [0.05, 0.1) is 5.54 Å². The fourth-order valence-electron chi connectivity index (χ4n) is 1.08. The van der Waals surface area contributed by atoms with Crippen molar-refractivity contribution in [2.75, 3.05) is 0 Å². The molecule has 1 unspecified atom stereocenters. The minimum Gasteiger partial charge on any atom is -0.368 e. The molecular weight excluding hydrogens is 196 g/mol. The van der Waals surface area contributed by atoms with Gasteiger partial charge in [0.1, 0.15) is 0 Å². The van der Waals surface area contributed by atoms with Crippen LogP contribution in [0.5, 0.6) is 0 Å². The van der Waals surface area contributed by atoms with Gasteiger partial charge < -0.3 is 5.73 Å². The van der Waals surface area contributed by atoms with Gasteiger partial charge in [0.15, 0.2) is 0 Å². The van der Waals surface area contributed by atoms with Crippen molar-refractivity contribution in [3.63, 3.8) is 0 Å². The van der Waals surface area contributed by atoms with E-state index in [0.717, 1.165) is 0 Å². The highest BCUT2D eigenvalue weighted by atomic mass is 32.1. The molecule has 3 nitrogen and oxygen atoms in total. The highest BCUT2D eigenvalue weighted by Gasteiger charge is 2.27. The van der Waals surface area contributed by atoms with Crippen LogP contribution in [0.4, 0.5) is 0 Å². The summed E-state index contributed by atoms with van der Waals surface area (Å²) in [6, 6.07) is 4.03. The van der Waals surface area contributed by atoms with Crippen LogP contribution in [0.2, 0.25) is 0 Å². The van der Waals surface area contributed by atoms with Crippen LogP contribution >= 0.6 is 11.3 Å². The van der Waals surface area contributed by atoms with Gasteiger partial charge >= 0.3 is 0 Å². The number of nitrogens with two attached hydrogens (primary N) is 1. The van der Waals surface area contributed by atoms with Gasteiger partial charge in [-0.25, -0.2) is 0 Å². The molecule has 1 atom stereocenters. The number of hydrogen-bond acceptors (Lipinski definition) is 3. The molecule has 0 radical (unpaired) electrons. The van der Waals surface area contributed by atoms with Gasteiger partial charge in [0.2, 0.25) is 5.91 Å². The fourth-order valence-corrected chi connectivity index (χ4v) is 1.73. The third-order valence-electron chi connectivity index (χ3n) is 2.48. The smallest absolute Gasteiger partial charge is 0.237 e. The predicted octanol–water partition coefficient (Wildman–Crippen LogP) is 1.49. The molecule has 4 heteroatoms.